The number of anilines is 1. The van der Waals surface area contributed by atoms with Crippen LogP contribution in [0.15, 0.2) is 42.5 Å². The molecular weight excluding hydrogens is 370 g/mol. The molecule has 29 heavy (non-hydrogen) atoms. The number of amides is 1. The van der Waals surface area contributed by atoms with Crippen molar-refractivity contribution < 1.29 is 19.0 Å². The van der Waals surface area contributed by atoms with E-state index in [2.05, 4.69) is 27.2 Å². The molecule has 0 unspecified atom stereocenters. The van der Waals surface area contributed by atoms with Crippen molar-refractivity contribution in [1.29, 1.82) is 0 Å². The Hall–Kier alpha value is -2.93. The van der Waals surface area contributed by atoms with Crippen molar-refractivity contribution >= 4 is 11.6 Å². The minimum Gasteiger partial charge on any atom is -0.497 e. The number of benzene rings is 2. The molecule has 0 aromatic heterocycles. The summed E-state index contributed by atoms with van der Waals surface area (Å²) in [5.41, 5.74) is 2.15. The molecule has 2 aromatic rings. The maximum Gasteiger partial charge on any atom is 0.237 e. The predicted octanol–water partition coefficient (Wildman–Crippen LogP) is 2.25. The van der Waals surface area contributed by atoms with E-state index in [0.29, 0.717) is 6.54 Å². The van der Waals surface area contributed by atoms with Gasteiger partial charge >= 0.3 is 0 Å². The molecule has 0 bridgehead atoms. The van der Waals surface area contributed by atoms with Gasteiger partial charge in [-0.2, -0.15) is 0 Å². The van der Waals surface area contributed by atoms with Crippen LogP contribution in [0.4, 0.5) is 5.69 Å². The van der Waals surface area contributed by atoms with Crippen molar-refractivity contribution in [3.05, 3.63) is 48.0 Å². The van der Waals surface area contributed by atoms with Crippen molar-refractivity contribution in [3.63, 3.8) is 0 Å². The molecular formula is C22H27N3O4. The fourth-order valence-electron chi connectivity index (χ4n) is 3.73. The number of carbonyl (C=O) groups excluding carboxylic acids is 1. The molecule has 0 aliphatic carbocycles. The molecule has 7 nitrogen and oxygen atoms in total. The first-order chi connectivity index (χ1) is 14.1. The van der Waals surface area contributed by atoms with Crippen LogP contribution in [0.5, 0.6) is 17.2 Å². The van der Waals surface area contributed by atoms with Crippen molar-refractivity contribution in [2.24, 2.45) is 0 Å². The second-order valence-corrected chi connectivity index (χ2v) is 7.31. The molecule has 1 N–H and O–H groups in total. The van der Waals surface area contributed by atoms with E-state index in [1.165, 1.54) is 0 Å². The number of hydrogen-bond acceptors (Lipinski definition) is 6. The van der Waals surface area contributed by atoms with Crippen LogP contribution in [0, 0.1) is 0 Å². The van der Waals surface area contributed by atoms with Gasteiger partial charge in [0.2, 0.25) is 12.7 Å². The van der Waals surface area contributed by atoms with E-state index in [0.717, 1.165) is 54.7 Å². The van der Waals surface area contributed by atoms with E-state index in [9.17, 15) is 4.79 Å². The van der Waals surface area contributed by atoms with E-state index in [4.69, 9.17) is 14.2 Å². The third-order valence-electron chi connectivity index (χ3n) is 5.56. The molecule has 2 aliphatic heterocycles. The highest BCUT2D eigenvalue weighted by Crippen LogP contribution is 2.32. The largest absolute Gasteiger partial charge is 0.497 e. The molecule has 0 radical (unpaired) electrons. The van der Waals surface area contributed by atoms with Crippen molar-refractivity contribution in [2.75, 3.05) is 45.0 Å². The lowest BCUT2D eigenvalue weighted by molar-refractivity contribution is -0.126. The number of rotatable bonds is 6. The molecule has 2 aromatic carbocycles. The van der Waals surface area contributed by atoms with Gasteiger partial charge in [0.15, 0.2) is 11.5 Å². The Morgan fingerprint density at radius 3 is 2.69 bits per heavy atom. The van der Waals surface area contributed by atoms with Crippen molar-refractivity contribution in [3.8, 4) is 17.2 Å². The lowest BCUT2D eigenvalue weighted by atomic mass is 10.1. The van der Waals surface area contributed by atoms with E-state index < -0.39 is 0 Å². The predicted molar refractivity (Wildman–Crippen MR) is 111 cm³/mol. The quantitative estimate of drug-likeness (QED) is 0.807. The molecule has 7 heteroatoms. The molecule has 154 valence electrons. The average Bonchev–Trinajstić information content (AvgIpc) is 3.25. The smallest absolute Gasteiger partial charge is 0.237 e. The summed E-state index contributed by atoms with van der Waals surface area (Å²) >= 11 is 0. The second kappa shape index (κ2) is 8.61. The number of nitrogens with one attached hydrogen (secondary N) is 1. The fraction of sp³-hybridized carbons (Fsp3) is 0.409. The van der Waals surface area contributed by atoms with Crippen LogP contribution < -0.4 is 24.4 Å². The number of carbonyl (C=O) groups is 1. The molecule has 1 saturated heterocycles. The monoisotopic (exact) mass is 397 g/mol. The Balaban J connectivity index is 1.27. The van der Waals surface area contributed by atoms with Gasteiger partial charge < -0.3 is 24.4 Å². The normalized spacial score (nSPS) is 17.1. The summed E-state index contributed by atoms with van der Waals surface area (Å²) in [5, 5.41) is 3.04. The number of hydrogen-bond donors (Lipinski definition) is 1. The van der Waals surface area contributed by atoms with Gasteiger partial charge in [0, 0.05) is 44.5 Å². The Morgan fingerprint density at radius 2 is 1.90 bits per heavy atom. The van der Waals surface area contributed by atoms with Crippen LogP contribution >= 0.6 is 0 Å². The van der Waals surface area contributed by atoms with Gasteiger partial charge in [-0.05, 0) is 36.8 Å². The maximum absolute atomic E-state index is 12.6. The third-order valence-corrected chi connectivity index (χ3v) is 5.56. The van der Waals surface area contributed by atoms with Gasteiger partial charge in [0.1, 0.15) is 5.75 Å². The molecule has 2 aliphatic rings. The van der Waals surface area contributed by atoms with Gasteiger partial charge in [-0.25, -0.2) is 0 Å². The fourth-order valence-corrected chi connectivity index (χ4v) is 3.73. The van der Waals surface area contributed by atoms with Crippen LogP contribution in [-0.4, -0.2) is 56.9 Å². The summed E-state index contributed by atoms with van der Waals surface area (Å²) in [7, 11) is 1.68. The topological polar surface area (TPSA) is 63.3 Å². The Labute approximate surface area is 171 Å². The maximum atomic E-state index is 12.6. The molecule has 2 heterocycles. The third kappa shape index (κ3) is 4.40. The number of ether oxygens (including phenoxy) is 3. The Kier molecular flexibility index (Phi) is 5.76. The summed E-state index contributed by atoms with van der Waals surface area (Å²) in [6.45, 7) is 6.15. The van der Waals surface area contributed by atoms with Gasteiger partial charge in [0.05, 0.1) is 13.2 Å². The lowest BCUT2D eigenvalue weighted by Crippen LogP contribution is -2.53. The Bertz CT molecular complexity index is 865. The standard InChI is InChI=1S/C22H27N3O4/c1-16(22(26)23-14-17-6-7-20-21(12-17)29-15-28-20)24-8-10-25(11-9-24)18-4-3-5-19(13-18)27-2/h3-7,12-13,16H,8-11,14-15H2,1-2H3,(H,23,26)/t16-/m1/s1. The molecule has 4 rings (SSSR count). The minimum absolute atomic E-state index is 0.0393. The van der Waals surface area contributed by atoms with Crippen LogP contribution in [0.1, 0.15) is 12.5 Å². The second-order valence-electron chi connectivity index (χ2n) is 7.31. The van der Waals surface area contributed by atoms with Gasteiger partial charge in [-0.3, -0.25) is 9.69 Å². The van der Waals surface area contributed by atoms with Crippen LogP contribution in [-0.2, 0) is 11.3 Å². The van der Waals surface area contributed by atoms with Crippen LogP contribution in [0.2, 0.25) is 0 Å². The zero-order valence-electron chi connectivity index (χ0n) is 16.9. The minimum atomic E-state index is -0.170. The summed E-state index contributed by atoms with van der Waals surface area (Å²) in [6, 6.07) is 13.7. The van der Waals surface area contributed by atoms with E-state index in [-0.39, 0.29) is 18.7 Å². The molecule has 0 saturated carbocycles. The van der Waals surface area contributed by atoms with E-state index in [1.54, 1.807) is 7.11 Å². The summed E-state index contributed by atoms with van der Waals surface area (Å²) in [6.07, 6.45) is 0. The molecule has 0 spiro atoms. The first-order valence-corrected chi connectivity index (χ1v) is 9.93. The summed E-state index contributed by atoms with van der Waals surface area (Å²) in [5.74, 6) is 2.39. The SMILES string of the molecule is COc1cccc(N2CCN([C@H](C)C(=O)NCc3ccc4c(c3)OCO4)CC2)c1. The highest BCUT2D eigenvalue weighted by atomic mass is 16.7. The number of nitrogens with zero attached hydrogens (tertiary/aromatic N) is 2. The summed E-state index contributed by atoms with van der Waals surface area (Å²) < 4.78 is 16.0. The zero-order valence-corrected chi connectivity index (χ0v) is 16.9. The molecule has 1 amide bonds. The number of piperazine rings is 1. The summed E-state index contributed by atoms with van der Waals surface area (Å²) in [4.78, 5) is 17.2. The van der Waals surface area contributed by atoms with Crippen molar-refractivity contribution in [2.45, 2.75) is 19.5 Å². The first kappa shape index (κ1) is 19.4. The van der Waals surface area contributed by atoms with Crippen molar-refractivity contribution in [1.82, 2.24) is 10.2 Å². The van der Waals surface area contributed by atoms with Gasteiger partial charge in [0.25, 0.3) is 0 Å². The Morgan fingerprint density at radius 1 is 1.10 bits per heavy atom. The molecule has 1 fully saturated rings. The average molecular weight is 397 g/mol. The van der Waals surface area contributed by atoms with Gasteiger partial charge in [-0.15, -0.1) is 0 Å². The van der Waals surface area contributed by atoms with E-state index >= 15 is 0 Å². The highest BCUT2D eigenvalue weighted by Gasteiger charge is 2.25. The number of fused-ring (bicyclic) bond motifs is 1. The molecule has 1 atom stereocenters. The zero-order chi connectivity index (χ0) is 20.2. The van der Waals surface area contributed by atoms with Crippen LogP contribution in [0.3, 0.4) is 0 Å². The van der Waals surface area contributed by atoms with Crippen LogP contribution in [0.25, 0.3) is 0 Å². The first-order valence-electron chi connectivity index (χ1n) is 9.93. The highest BCUT2D eigenvalue weighted by molar-refractivity contribution is 5.81. The van der Waals surface area contributed by atoms with Gasteiger partial charge in [-0.1, -0.05) is 12.1 Å². The lowest BCUT2D eigenvalue weighted by Gasteiger charge is -2.38. The number of methoxy groups -OCH3 is 1. The van der Waals surface area contributed by atoms with E-state index in [1.807, 2.05) is 37.3 Å².